The van der Waals surface area contributed by atoms with Crippen molar-refractivity contribution in [3.63, 3.8) is 0 Å². The normalized spacial score (nSPS) is 16.4. The number of aromatic nitrogens is 2. The molecule has 0 aliphatic carbocycles. The third-order valence-corrected chi connectivity index (χ3v) is 5.87. The quantitative estimate of drug-likeness (QED) is 0.666. The van der Waals surface area contributed by atoms with E-state index in [2.05, 4.69) is 23.8 Å². The van der Waals surface area contributed by atoms with Crippen LogP contribution in [0.1, 0.15) is 52.6 Å². The van der Waals surface area contributed by atoms with Gasteiger partial charge in [-0.05, 0) is 67.1 Å². The molecule has 2 aromatic carbocycles. The zero-order valence-electron chi connectivity index (χ0n) is 17.6. The fourth-order valence-corrected chi connectivity index (χ4v) is 4.22. The molecule has 4 rings (SSSR count). The monoisotopic (exact) mass is 405 g/mol. The van der Waals surface area contributed by atoms with Crippen molar-refractivity contribution in [3.05, 3.63) is 65.0 Å². The molecule has 1 N–H and O–H groups in total. The van der Waals surface area contributed by atoms with Gasteiger partial charge in [-0.1, -0.05) is 19.9 Å². The van der Waals surface area contributed by atoms with E-state index in [0.717, 1.165) is 23.0 Å². The molecule has 1 amide bonds. The van der Waals surface area contributed by atoms with Crippen molar-refractivity contribution in [2.24, 2.45) is 5.92 Å². The Morgan fingerprint density at radius 1 is 1.17 bits per heavy atom. The molecule has 1 unspecified atom stereocenters. The van der Waals surface area contributed by atoms with Gasteiger partial charge < -0.3 is 14.6 Å². The highest BCUT2D eigenvalue weighted by Crippen LogP contribution is 2.27. The topological polar surface area (TPSA) is 75.3 Å². The van der Waals surface area contributed by atoms with Gasteiger partial charge in [0, 0.05) is 18.2 Å². The zero-order chi connectivity index (χ0) is 21.3. The number of nitrogens with one attached hydrogen (secondary N) is 1. The van der Waals surface area contributed by atoms with Crippen LogP contribution in [-0.2, 0) is 17.6 Å². The van der Waals surface area contributed by atoms with Crippen molar-refractivity contribution < 1.29 is 14.3 Å². The fourth-order valence-electron chi connectivity index (χ4n) is 4.22. The summed E-state index contributed by atoms with van der Waals surface area (Å²) in [6.45, 7) is 7.08. The van der Waals surface area contributed by atoms with Gasteiger partial charge in [0.2, 0.25) is 0 Å². The number of imidazole rings is 1. The molecule has 0 bridgehead atoms. The lowest BCUT2D eigenvalue weighted by Gasteiger charge is -2.33. The summed E-state index contributed by atoms with van der Waals surface area (Å²) in [5, 5.41) is 0. The zero-order valence-corrected chi connectivity index (χ0v) is 17.6. The largest absolute Gasteiger partial charge is 0.462 e. The van der Waals surface area contributed by atoms with Crippen LogP contribution in [0.15, 0.2) is 42.7 Å². The minimum atomic E-state index is -0.300. The van der Waals surface area contributed by atoms with Gasteiger partial charge in [-0.25, -0.2) is 9.78 Å². The molecule has 1 aliphatic heterocycles. The summed E-state index contributed by atoms with van der Waals surface area (Å²) >= 11 is 0. The molecule has 6 nitrogen and oxygen atoms in total. The maximum atomic E-state index is 13.5. The smallest absolute Gasteiger partial charge is 0.338 e. The van der Waals surface area contributed by atoms with Crippen molar-refractivity contribution in [2.75, 3.05) is 13.2 Å². The molecule has 6 heteroatoms. The Labute approximate surface area is 176 Å². The molecule has 3 aromatic rings. The number of carbonyl (C=O) groups excluding carboxylic acids is 2. The third-order valence-electron chi connectivity index (χ3n) is 5.87. The number of aromatic amines is 1. The number of ether oxygens (including phenoxy) is 1. The van der Waals surface area contributed by atoms with Crippen LogP contribution in [0.4, 0.5) is 0 Å². The second-order valence-electron chi connectivity index (χ2n) is 8.10. The number of rotatable bonds is 4. The summed E-state index contributed by atoms with van der Waals surface area (Å²) in [4.78, 5) is 34.9. The van der Waals surface area contributed by atoms with Crippen LogP contribution < -0.4 is 0 Å². The lowest BCUT2D eigenvalue weighted by molar-refractivity contribution is 0.0525. The van der Waals surface area contributed by atoms with Crippen LogP contribution in [0.5, 0.6) is 0 Å². The summed E-state index contributed by atoms with van der Waals surface area (Å²) in [5.41, 5.74) is 5.25. The van der Waals surface area contributed by atoms with Crippen LogP contribution in [0.3, 0.4) is 0 Å². The molecule has 30 heavy (non-hydrogen) atoms. The average molecular weight is 405 g/mol. The summed E-state index contributed by atoms with van der Waals surface area (Å²) in [5.74, 6) is 0.0369. The maximum Gasteiger partial charge on any atom is 0.338 e. The number of H-pyrrole nitrogens is 1. The van der Waals surface area contributed by atoms with Gasteiger partial charge in [0.05, 0.1) is 29.5 Å². The molecule has 2 heterocycles. The van der Waals surface area contributed by atoms with Gasteiger partial charge in [0.25, 0.3) is 5.91 Å². The molecule has 1 atom stereocenters. The first kappa shape index (κ1) is 20.1. The Bertz CT molecular complexity index is 1090. The number of hydrogen-bond acceptors (Lipinski definition) is 4. The average Bonchev–Trinajstić information content (AvgIpc) is 3.12. The molecule has 0 fully saturated rings. The van der Waals surface area contributed by atoms with Crippen LogP contribution in [0, 0.1) is 5.92 Å². The van der Waals surface area contributed by atoms with Crippen molar-refractivity contribution in [1.82, 2.24) is 14.9 Å². The second kappa shape index (κ2) is 8.30. The molecule has 0 saturated carbocycles. The van der Waals surface area contributed by atoms with Gasteiger partial charge in [-0.2, -0.15) is 0 Å². The molecular formula is C24H27N3O3. The first-order chi connectivity index (χ1) is 14.5. The minimum absolute atomic E-state index is 0.0311. The van der Waals surface area contributed by atoms with E-state index in [-0.39, 0.29) is 17.9 Å². The number of benzene rings is 2. The molecule has 156 valence electrons. The van der Waals surface area contributed by atoms with E-state index in [1.54, 1.807) is 13.3 Å². The number of amides is 1. The third kappa shape index (κ3) is 3.82. The van der Waals surface area contributed by atoms with Gasteiger partial charge in [-0.15, -0.1) is 0 Å². The van der Waals surface area contributed by atoms with Gasteiger partial charge in [0.15, 0.2) is 0 Å². The highest BCUT2D eigenvalue weighted by atomic mass is 16.5. The molecule has 1 aromatic heterocycles. The van der Waals surface area contributed by atoms with E-state index in [1.807, 2.05) is 41.3 Å². The summed E-state index contributed by atoms with van der Waals surface area (Å²) in [6.07, 6.45) is 3.12. The second-order valence-corrected chi connectivity index (χ2v) is 8.10. The van der Waals surface area contributed by atoms with Crippen LogP contribution in [0.2, 0.25) is 0 Å². The van der Waals surface area contributed by atoms with E-state index in [9.17, 15) is 9.59 Å². The predicted molar refractivity (Wildman–Crippen MR) is 116 cm³/mol. The van der Waals surface area contributed by atoms with Crippen molar-refractivity contribution in [1.29, 1.82) is 0 Å². The fraction of sp³-hybridized carbons (Fsp3) is 0.375. The Hall–Kier alpha value is -3.15. The van der Waals surface area contributed by atoms with E-state index >= 15 is 0 Å². The van der Waals surface area contributed by atoms with Crippen molar-refractivity contribution >= 4 is 22.9 Å². The van der Waals surface area contributed by atoms with Gasteiger partial charge >= 0.3 is 5.97 Å². The first-order valence-corrected chi connectivity index (χ1v) is 10.5. The van der Waals surface area contributed by atoms with Gasteiger partial charge in [0.1, 0.15) is 0 Å². The Morgan fingerprint density at radius 3 is 2.73 bits per heavy atom. The highest BCUT2D eigenvalue weighted by molar-refractivity contribution is 5.97. The highest BCUT2D eigenvalue weighted by Gasteiger charge is 2.31. The van der Waals surface area contributed by atoms with Crippen molar-refractivity contribution in [3.8, 4) is 0 Å². The number of esters is 1. The lowest BCUT2D eigenvalue weighted by atomic mass is 9.93. The van der Waals surface area contributed by atoms with E-state index < -0.39 is 0 Å². The number of carbonyl (C=O) groups is 2. The molecule has 0 radical (unpaired) electrons. The number of fused-ring (bicyclic) bond motifs is 2. The number of hydrogen-bond donors (Lipinski definition) is 1. The van der Waals surface area contributed by atoms with E-state index in [0.29, 0.717) is 36.6 Å². The molecule has 1 aliphatic rings. The van der Waals surface area contributed by atoms with Crippen LogP contribution >= 0.6 is 0 Å². The standard InChI is InChI=1S/C24H27N3O3/c1-4-30-24(29)19-6-5-16-13-22(15(2)3)27(10-9-17(16)11-19)23(28)18-7-8-20-21(12-18)26-14-25-20/h5-8,11-12,14-15,22H,4,9-10,13H2,1-3H3,(H,25,26). The SMILES string of the molecule is CCOC(=O)c1ccc2c(c1)CCN(C(=O)c1ccc3nc[nH]c3c1)C(C(C)C)C2. The lowest BCUT2D eigenvalue weighted by Crippen LogP contribution is -2.44. The summed E-state index contributed by atoms with van der Waals surface area (Å²) in [6, 6.07) is 11.5. The predicted octanol–water partition coefficient (Wildman–Crippen LogP) is 4.01. The van der Waals surface area contributed by atoms with Crippen LogP contribution in [-0.4, -0.2) is 45.9 Å². The van der Waals surface area contributed by atoms with Gasteiger partial charge in [-0.3, -0.25) is 4.79 Å². The first-order valence-electron chi connectivity index (χ1n) is 10.5. The summed E-state index contributed by atoms with van der Waals surface area (Å²) < 4.78 is 5.14. The van der Waals surface area contributed by atoms with Crippen LogP contribution in [0.25, 0.3) is 11.0 Å². The maximum absolute atomic E-state index is 13.5. The molecular weight excluding hydrogens is 378 g/mol. The Kier molecular flexibility index (Phi) is 5.57. The van der Waals surface area contributed by atoms with E-state index in [4.69, 9.17) is 4.74 Å². The van der Waals surface area contributed by atoms with Crippen molar-refractivity contribution in [2.45, 2.75) is 39.7 Å². The number of nitrogens with zero attached hydrogens (tertiary/aromatic N) is 2. The molecule has 0 spiro atoms. The summed E-state index contributed by atoms with van der Waals surface area (Å²) in [7, 11) is 0. The Morgan fingerprint density at radius 2 is 1.97 bits per heavy atom. The Balaban J connectivity index is 1.63. The minimum Gasteiger partial charge on any atom is -0.462 e. The molecule has 0 saturated heterocycles. The van der Waals surface area contributed by atoms with E-state index in [1.165, 1.54) is 5.56 Å².